The Morgan fingerprint density at radius 2 is 2.24 bits per heavy atom. The fourth-order valence-corrected chi connectivity index (χ4v) is 1.71. The van der Waals surface area contributed by atoms with Gasteiger partial charge in [0.1, 0.15) is 0 Å². The molecule has 1 atom stereocenters. The predicted octanol–water partition coefficient (Wildman–Crippen LogP) is 2.72. The number of hydrogen-bond donors (Lipinski definition) is 2. The van der Waals surface area contributed by atoms with Crippen LogP contribution in [0.1, 0.15) is 45.6 Å². The van der Waals surface area contributed by atoms with Gasteiger partial charge in [0.05, 0.1) is 6.61 Å². The van der Waals surface area contributed by atoms with Gasteiger partial charge in [-0.15, -0.1) is 0 Å². The summed E-state index contributed by atoms with van der Waals surface area (Å²) in [5.74, 6) is 1.50. The predicted molar refractivity (Wildman–Crippen MR) is 87.7 cm³/mol. The average Bonchev–Trinajstić information content (AvgIpc) is 2.52. The Hall–Kier alpha value is -1.78. The number of pyridine rings is 1. The molecule has 0 aliphatic rings. The van der Waals surface area contributed by atoms with E-state index in [4.69, 9.17) is 4.74 Å². The van der Waals surface area contributed by atoms with Gasteiger partial charge >= 0.3 is 0 Å². The van der Waals surface area contributed by atoms with E-state index in [1.807, 2.05) is 12.1 Å². The third-order valence-corrected chi connectivity index (χ3v) is 3.25. The number of nitrogens with one attached hydrogen (secondary N) is 2. The molecule has 1 rings (SSSR count). The fraction of sp³-hybridized carbons (Fsp3) is 0.625. The van der Waals surface area contributed by atoms with Gasteiger partial charge in [0, 0.05) is 31.4 Å². The minimum Gasteiger partial charge on any atom is -0.477 e. The van der Waals surface area contributed by atoms with Gasteiger partial charge < -0.3 is 15.4 Å². The Morgan fingerprint density at radius 1 is 1.43 bits per heavy atom. The van der Waals surface area contributed by atoms with Crippen LogP contribution in [-0.2, 0) is 6.54 Å². The maximum atomic E-state index is 5.73. The lowest BCUT2D eigenvalue weighted by Gasteiger charge is -2.17. The zero-order valence-electron chi connectivity index (χ0n) is 13.6. The van der Waals surface area contributed by atoms with Crippen molar-refractivity contribution in [2.45, 2.75) is 52.6 Å². The number of guanidine groups is 1. The smallest absolute Gasteiger partial charge is 0.218 e. The molecule has 5 heteroatoms. The van der Waals surface area contributed by atoms with Gasteiger partial charge in [0.25, 0.3) is 0 Å². The first-order valence-electron chi connectivity index (χ1n) is 7.75. The molecule has 0 aliphatic carbocycles. The summed E-state index contributed by atoms with van der Waals surface area (Å²) < 4.78 is 5.73. The Balaban J connectivity index is 2.57. The normalized spacial score (nSPS) is 12.9. The maximum absolute atomic E-state index is 5.73. The second kappa shape index (κ2) is 10.0. The zero-order chi connectivity index (χ0) is 15.5. The van der Waals surface area contributed by atoms with Crippen molar-refractivity contribution in [2.24, 2.45) is 4.99 Å². The van der Waals surface area contributed by atoms with Gasteiger partial charge in [-0.25, -0.2) is 4.98 Å². The summed E-state index contributed by atoms with van der Waals surface area (Å²) in [6.45, 7) is 7.78. The molecular formula is C16H28N4O. The average molecular weight is 292 g/mol. The van der Waals surface area contributed by atoms with Crippen molar-refractivity contribution in [2.75, 3.05) is 13.7 Å². The minimum absolute atomic E-state index is 0.394. The molecular weight excluding hydrogens is 264 g/mol. The SMILES string of the molecule is CCCCOc1ncccc1CNC(=NC)NC(C)CC. The van der Waals surface area contributed by atoms with E-state index in [1.54, 1.807) is 13.2 Å². The molecule has 1 unspecified atom stereocenters. The van der Waals surface area contributed by atoms with Crippen LogP contribution in [0.4, 0.5) is 0 Å². The first kappa shape index (κ1) is 17.3. The van der Waals surface area contributed by atoms with Crippen LogP contribution in [0.15, 0.2) is 23.3 Å². The molecule has 0 aromatic carbocycles. The van der Waals surface area contributed by atoms with Crippen LogP contribution in [0.3, 0.4) is 0 Å². The topological polar surface area (TPSA) is 58.5 Å². The van der Waals surface area contributed by atoms with E-state index < -0.39 is 0 Å². The zero-order valence-corrected chi connectivity index (χ0v) is 13.6. The molecule has 0 radical (unpaired) electrons. The summed E-state index contributed by atoms with van der Waals surface area (Å²) in [5.41, 5.74) is 1.04. The van der Waals surface area contributed by atoms with Crippen LogP contribution in [0.5, 0.6) is 5.88 Å². The number of rotatable bonds is 8. The maximum Gasteiger partial charge on any atom is 0.218 e. The van der Waals surface area contributed by atoms with Gasteiger partial charge in [-0.1, -0.05) is 26.3 Å². The summed E-state index contributed by atoms with van der Waals surface area (Å²) in [6, 6.07) is 4.34. The molecule has 0 fully saturated rings. The lowest BCUT2D eigenvalue weighted by atomic mass is 10.2. The van der Waals surface area contributed by atoms with Gasteiger partial charge in [0.2, 0.25) is 5.88 Å². The van der Waals surface area contributed by atoms with Gasteiger partial charge in [-0.05, 0) is 25.8 Å². The summed E-state index contributed by atoms with van der Waals surface area (Å²) >= 11 is 0. The number of aromatic nitrogens is 1. The van der Waals surface area contributed by atoms with Crippen LogP contribution in [0.2, 0.25) is 0 Å². The highest BCUT2D eigenvalue weighted by molar-refractivity contribution is 5.79. The third-order valence-electron chi connectivity index (χ3n) is 3.25. The molecule has 0 spiro atoms. The van der Waals surface area contributed by atoms with Crippen molar-refractivity contribution < 1.29 is 4.74 Å². The third kappa shape index (κ3) is 6.47. The first-order valence-corrected chi connectivity index (χ1v) is 7.75. The van der Waals surface area contributed by atoms with Gasteiger partial charge in [-0.3, -0.25) is 4.99 Å². The Bertz CT molecular complexity index is 434. The molecule has 0 saturated heterocycles. The lowest BCUT2D eigenvalue weighted by Crippen LogP contribution is -2.41. The second-order valence-electron chi connectivity index (χ2n) is 5.05. The van der Waals surface area contributed by atoms with E-state index in [9.17, 15) is 0 Å². The molecule has 1 aromatic rings. The number of ether oxygens (including phenoxy) is 1. The molecule has 1 aromatic heterocycles. The molecule has 2 N–H and O–H groups in total. The van der Waals surface area contributed by atoms with Crippen molar-refractivity contribution in [3.8, 4) is 5.88 Å². The Morgan fingerprint density at radius 3 is 2.90 bits per heavy atom. The van der Waals surface area contributed by atoms with E-state index in [1.165, 1.54) is 0 Å². The van der Waals surface area contributed by atoms with Crippen molar-refractivity contribution >= 4 is 5.96 Å². The van der Waals surface area contributed by atoms with Crippen LogP contribution in [-0.4, -0.2) is 30.6 Å². The second-order valence-corrected chi connectivity index (χ2v) is 5.05. The highest BCUT2D eigenvalue weighted by Crippen LogP contribution is 2.14. The van der Waals surface area contributed by atoms with Gasteiger partial charge in [-0.2, -0.15) is 0 Å². The Labute approximate surface area is 128 Å². The lowest BCUT2D eigenvalue weighted by molar-refractivity contribution is 0.294. The largest absolute Gasteiger partial charge is 0.477 e. The monoisotopic (exact) mass is 292 g/mol. The van der Waals surface area contributed by atoms with Crippen LogP contribution < -0.4 is 15.4 Å². The number of unbranched alkanes of at least 4 members (excludes halogenated alkanes) is 1. The standard InChI is InChI=1S/C16H28N4O/c1-5-7-11-21-15-14(9-8-10-18-15)12-19-16(17-4)20-13(3)6-2/h8-10,13H,5-7,11-12H2,1-4H3,(H2,17,19,20). The van der Waals surface area contributed by atoms with Crippen LogP contribution in [0.25, 0.3) is 0 Å². The highest BCUT2D eigenvalue weighted by atomic mass is 16.5. The first-order chi connectivity index (χ1) is 10.2. The quantitative estimate of drug-likeness (QED) is 0.439. The number of nitrogens with zero attached hydrogens (tertiary/aromatic N) is 2. The number of hydrogen-bond acceptors (Lipinski definition) is 3. The van der Waals surface area contributed by atoms with Crippen molar-refractivity contribution in [3.63, 3.8) is 0 Å². The molecule has 118 valence electrons. The molecule has 0 bridgehead atoms. The molecule has 21 heavy (non-hydrogen) atoms. The van der Waals surface area contributed by atoms with Crippen LogP contribution in [0, 0.1) is 0 Å². The van der Waals surface area contributed by atoms with Crippen molar-refractivity contribution in [1.29, 1.82) is 0 Å². The van der Waals surface area contributed by atoms with E-state index >= 15 is 0 Å². The van der Waals surface area contributed by atoms with E-state index in [0.29, 0.717) is 25.1 Å². The molecule has 0 saturated carbocycles. The minimum atomic E-state index is 0.394. The summed E-state index contributed by atoms with van der Waals surface area (Å²) in [6.07, 6.45) is 4.97. The summed E-state index contributed by atoms with van der Waals surface area (Å²) in [4.78, 5) is 8.54. The van der Waals surface area contributed by atoms with E-state index in [2.05, 4.69) is 41.4 Å². The molecule has 5 nitrogen and oxygen atoms in total. The molecule has 0 amide bonds. The van der Waals surface area contributed by atoms with Crippen molar-refractivity contribution in [1.82, 2.24) is 15.6 Å². The summed E-state index contributed by atoms with van der Waals surface area (Å²) in [7, 11) is 1.78. The van der Waals surface area contributed by atoms with Crippen molar-refractivity contribution in [3.05, 3.63) is 23.9 Å². The summed E-state index contributed by atoms with van der Waals surface area (Å²) in [5, 5.41) is 6.64. The molecule has 1 heterocycles. The van der Waals surface area contributed by atoms with Crippen LogP contribution >= 0.6 is 0 Å². The molecule has 0 aliphatic heterocycles. The van der Waals surface area contributed by atoms with E-state index in [0.717, 1.165) is 30.8 Å². The van der Waals surface area contributed by atoms with E-state index in [-0.39, 0.29) is 0 Å². The number of aliphatic imine (C=N–C) groups is 1. The Kier molecular flexibility index (Phi) is 8.24. The van der Waals surface area contributed by atoms with Gasteiger partial charge in [0.15, 0.2) is 5.96 Å². The highest BCUT2D eigenvalue weighted by Gasteiger charge is 2.07. The fourth-order valence-electron chi connectivity index (χ4n) is 1.71.